The van der Waals surface area contributed by atoms with Crippen LogP contribution in [-0.4, -0.2) is 34.4 Å². The number of nitrogens with zero attached hydrogens (tertiary/aromatic N) is 1. The van der Waals surface area contributed by atoms with Gasteiger partial charge in [0.15, 0.2) is 0 Å². The van der Waals surface area contributed by atoms with Gasteiger partial charge in [-0.15, -0.1) is 0 Å². The van der Waals surface area contributed by atoms with E-state index in [1.807, 2.05) is 66.5 Å². The van der Waals surface area contributed by atoms with Crippen molar-refractivity contribution < 1.29 is 19.4 Å². The minimum Gasteiger partial charge on any atom is -0.480 e. The number of benzene rings is 2. The van der Waals surface area contributed by atoms with Crippen LogP contribution >= 0.6 is 0 Å². The summed E-state index contributed by atoms with van der Waals surface area (Å²) in [7, 11) is 1.86. The van der Waals surface area contributed by atoms with Crippen LogP contribution in [0.3, 0.4) is 0 Å². The molecule has 0 unspecified atom stereocenters. The number of aryl methyl sites for hydroxylation is 1. The van der Waals surface area contributed by atoms with E-state index in [9.17, 15) is 14.7 Å². The van der Waals surface area contributed by atoms with Gasteiger partial charge in [-0.1, -0.05) is 48.5 Å². The Bertz CT molecular complexity index is 1010. The van der Waals surface area contributed by atoms with Crippen molar-refractivity contribution in [2.75, 3.05) is 6.61 Å². The number of carbonyl (C=O) groups excluding carboxylic acids is 1. The second kappa shape index (κ2) is 7.83. The molecule has 2 N–H and O–H groups in total. The third-order valence-corrected chi connectivity index (χ3v) is 5.27. The SMILES string of the molecule is Cn1ccc(C[C@H](NC(=O)OCC2c3ccccc3-c3ccccc32)C(=O)O)c1. The molecule has 6 heteroatoms. The van der Waals surface area contributed by atoms with E-state index in [0.29, 0.717) is 0 Å². The molecule has 6 nitrogen and oxygen atoms in total. The molecule has 1 atom stereocenters. The number of aliphatic carboxylic acids is 1. The minimum absolute atomic E-state index is 0.0643. The van der Waals surface area contributed by atoms with E-state index in [4.69, 9.17) is 4.74 Å². The first-order valence-corrected chi connectivity index (χ1v) is 9.48. The highest BCUT2D eigenvalue weighted by Gasteiger charge is 2.29. The quantitative estimate of drug-likeness (QED) is 0.674. The number of alkyl carbamates (subject to hydrolysis) is 1. The molecule has 3 aromatic rings. The molecule has 29 heavy (non-hydrogen) atoms. The topological polar surface area (TPSA) is 80.6 Å². The first-order valence-electron chi connectivity index (χ1n) is 9.48. The molecule has 1 aliphatic rings. The summed E-state index contributed by atoms with van der Waals surface area (Å²) in [6, 6.07) is 16.9. The molecule has 0 fully saturated rings. The lowest BCUT2D eigenvalue weighted by Crippen LogP contribution is -2.42. The van der Waals surface area contributed by atoms with E-state index < -0.39 is 18.1 Å². The van der Waals surface area contributed by atoms with Crippen LogP contribution in [0.15, 0.2) is 67.0 Å². The number of carboxylic acid groups (broad SMARTS) is 1. The number of fused-ring (bicyclic) bond motifs is 3. The Morgan fingerprint density at radius 2 is 1.69 bits per heavy atom. The Kier molecular flexibility index (Phi) is 5.08. The minimum atomic E-state index is -1.10. The van der Waals surface area contributed by atoms with Gasteiger partial charge in [-0.25, -0.2) is 9.59 Å². The van der Waals surface area contributed by atoms with Gasteiger partial charge in [0.05, 0.1) is 0 Å². The summed E-state index contributed by atoms with van der Waals surface area (Å²) in [5, 5.41) is 11.9. The van der Waals surface area contributed by atoms with Crippen molar-refractivity contribution in [3.8, 4) is 11.1 Å². The predicted octanol–water partition coefficient (Wildman–Crippen LogP) is 3.56. The fourth-order valence-corrected chi connectivity index (χ4v) is 3.90. The Morgan fingerprint density at radius 3 is 2.24 bits per heavy atom. The molecule has 2 aromatic carbocycles. The van der Waals surface area contributed by atoms with E-state index in [-0.39, 0.29) is 18.9 Å². The van der Waals surface area contributed by atoms with Crippen LogP contribution in [0.5, 0.6) is 0 Å². The maximum Gasteiger partial charge on any atom is 0.407 e. The maximum atomic E-state index is 12.3. The van der Waals surface area contributed by atoms with E-state index in [0.717, 1.165) is 27.8 Å². The molecule has 0 spiro atoms. The number of amides is 1. The Morgan fingerprint density at radius 1 is 1.07 bits per heavy atom. The smallest absolute Gasteiger partial charge is 0.407 e. The summed E-state index contributed by atoms with van der Waals surface area (Å²) in [4.78, 5) is 23.9. The van der Waals surface area contributed by atoms with Crippen molar-refractivity contribution >= 4 is 12.1 Å². The van der Waals surface area contributed by atoms with Gasteiger partial charge in [-0.3, -0.25) is 0 Å². The highest BCUT2D eigenvalue weighted by Crippen LogP contribution is 2.44. The highest BCUT2D eigenvalue weighted by atomic mass is 16.5. The summed E-state index contributed by atoms with van der Waals surface area (Å²) in [5.74, 6) is -1.16. The summed E-state index contributed by atoms with van der Waals surface area (Å²) < 4.78 is 7.28. The van der Waals surface area contributed by atoms with Gasteiger partial charge >= 0.3 is 12.1 Å². The second-order valence-corrected chi connectivity index (χ2v) is 7.25. The number of carboxylic acids is 1. The average Bonchev–Trinajstić information content (AvgIpc) is 3.27. The van der Waals surface area contributed by atoms with E-state index >= 15 is 0 Å². The highest BCUT2D eigenvalue weighted by molar-refractivity contribution is 5.81. The number of carbonyl (C=O) groups is 2. The maximum absolute atomic E-state index is 12.3. The van der Waals surface area contributed by atoms with Crippen molar-refractivity contribution in [3.05, 3.63) is 83.7 Å². The van der Waals surface area contributed by atoms with Crippen LogP contribution in [0.2, 0.25) is 0 Å². The van der Waals surface area contributed by atoms with E-state index in [2.05, 4.69) is 17.4 Å². The zero-order valence-corrected chi connectivity index (χ0v) is 16.0. The zero-order valence-electron chi connectivity index (χ0n) is 16.0. The molecule has 0 bridgehead atoms. The van der Waals surface area contributed by atoms with Gasteiger partial charge in [-0.2, -0.15) is 0 Å². The number of ether oxygens (including phenoxy) is 1. The van der Waals surface area contributed by atoms with Crippen molar-refractivity contribution in [1.29, 1.82) is 0 Å². The van der Waals surface area contributed by atoms with Crippen LogP contribution in [0.4, 0.5) is 4.79 Å². The van der Waals surface area contributed by atoms with Gasteiger partial charge < -0.3 is 19.7 Å². The normalized spacial score (nSPS) is 13.4. The molecular formula is C23H22N2O4. The lowest BCUT2D eigenvalue weighted by Gasteiger charge is -2.17. The summed E-state index contributed by atoms with van der Waals surface area (Å²) in [6.07, 6.45) is 3.13. The van der Waals surface area contributed by atoms with Crippen LogP contribution in [0.1, 0.15) is 22.6 Å². The lowest BCUT2D eigenvalue weighted by molar-refractivity contribution is -0.139. The van der Waals surface area contributed by atoms with Crippen molar-refractivity contribution in [1.82, 2.24) is 9.88 Å². The van der Waals surface area contributed by atoms with E-state index in [1.54, 1.807) is 0 Å². The fourth-order valence-electron chi connectivity index (χ4n) is 3.90. The number of aromatic nitrogens is 1. The van der Waals surface area contributed by atoms with Gasteiger partial charge in [0.1, 0.15) is 12.6 Å². The van der Waals surface area contributed by atoms with Crippen LogP contribution < -0.4 is 5.32 Å². The molecule has 1 aliphatic carbocycles. The van der Waals surface area contributed by atoms with Gasteiger partial charge in [0.25, 0.3) is 0 Å². The number of rotatable bonds is 6. The molecule has 0 saturated heterocycles. The Hall–Kier alpha value is -3.54. The standard InChI is InChI=1S/C23H22N2O4/c1-25-11-10-15(13-25)12-21(22(26)27)24-23(28)29-14-20-18-8-4-2-6-16(18)17-7-3-5-9-19(17)20/h2-11,13,20-21H,12,14H2,1H3,(H,24,28)(H,26,27)/t21-/m0/s1. The molecule has 1 heterocycles. The van der Waals surface area contributed by atoms with Crippen LogP contribution in [0, 0.1) is 0 Å². The third-order valence-electron chi connectivity index (χ3n) is 5.27. The molecule has 0 aliphatic heterocycles. The Balaban J connectivity index is 1.43. The fraction of sp³-hybridized carbons (Fsp3) is 0.217. The first kappa shape index (κ1) is 18.8. The monoisotopic (exact) mass is 390 g/mol. The van der Waals surface area contributed by atoms with E-state index in [1.165, 1.54) is 0 Å². The number of nitrogens with one attached hydrogen (secondary N) is 1. The summed E-state index contributed by atoms with van der Waals surface area (Å²) >= 11 is 0. The summed E-state index contributed by atoms with van der Waals surface area (Å²) in [5.41, 5.74) is 5.34. The van der Waals surface area contributed by atoms with Gasteiger partial charge in [0.2, 0.25) is 0 Å². The lowest BCUT2D eigenvalue weighted by atomic mass is 9.98. The molecule has 148 valence electrons. The molecule has 0 saturated carbocycles. The molecule has 4 rings (SSSR count). The molecular weight excluding hydrogens is 368 g/mol. The third kappa shape index (κ3) is 3.87. The number of hydrogen-bond donors (Lipinski definition) is 2. The van der Waals surface area contributed by atoms with Crippen LogP contribution in [0.25, 0.3) is 11.1 Å². The largest absolute Gasteiger partial charge is 0.480 e. The first-order chi connectivity index (χ1) is 14.0. The predicted molar refractivity (Wildman–Crippen MR) is 109 cm³/mol. The zero-order chi connectivity index (χ0) is 20.4. The van der Waals surface area contributed by atoms with Crippen molar-refractivity contribution in [2.24, 2.45) is 7.05 Å². The average molecular weight is 390 g/mol. The summed E-state index contributed by atoms with van der Waals surface area (Å²) in [6.45, 7) is 0.150. The molecule has 0 radical (unpaired) electrons. The molecule has 1 amide bonds. The number of hydrogen-bond acceptors (Lipinski definition) is 3. The second-order valence-electron chi connectivity index (χ2n) is 7.25. The Labute approximate surface area is 168 Å². The van der Waals surface area contributed by atoms with Crippen molar-refractivity contribution in [2.45, 2.75) is 18.4 Å². The van der Waals surface area contributed by atoms with Gasteiger partial charge in [0, 0.05) is 31.8 Å². The van der Waals surface area contributed by atoms with Crippen molar-refractivity contribution in [3.63, 3.8) is 0 Å². The van der Waals surface area contributed by atoms with Crippen LogP contribution in [-0.2, 0) is 23.0 Å². The van der Waals surface area contributed by atoms with Gasteiger partial charge in [-0.05, 0) is 33.9 Å². The molecule has 1 aromatic heterocycles.